The van der Waals surface area contributed by atoms with Gasteiger partial charge in [0.2, 0.25) is 0 Å². The van der Waals surface area contributed by atoms with Crippen molar-refractivity contribution in [1.82, 2.24) is 0 Å². The van der Waals surface area contributed by atoms with E-state index in [1.807, 2.05) is 6.07 Å². The summed E-state index contributed by atoms with van der Waals surface area (Å²) in [4.78, 5) is 0. The standard InChI is InChI=1S/C8H8O3S.Cs.H/c9-12(10,11)7-6-8-4-2-1-3-5-8;;/h1-7H,(H,9,10,11);;. The van der Waals surface area contributed by atoms with Crippen molar-refractivity contribution in [1.29, 1.82) is 0 Å². The maximum atomic E-state index is 10.3. The van der Waals surface area contributed by atoms with Crippen LogP contribution < -0.4 is 0 Å². The summed E-state index contributed by atoms with van der Waals surface area (Å²) in [6.45, 7) is 0. The van der Waals surface area contributed by atoms with E-state index in [9.17, 15) is 8.42 Å². The van der Waals surface area contributed by atoms with Crippen LogP contribution in [-0.2, 0) is 10.1 Å². The molecule has 0 aliphatic carbocycles. The normalized spacial score (nSPS) is 11.2. The summed E-state index contributed by atoms with van der Waals surface area (Å²) in [6, 6.07) is 8.86. The molecule has 0 saturated carbocycles. The molecule has 0 radical (unpaired) electrons. The topological polar surface area (TPSA) is 54.4 Å². The first kappa shape index (κ1) is 13.9. The second-order valence-corrected chi connectivity index (χ2v) is 3.53. The summed E-state index contributed by atoms with van der Waals surface area (Å²) in [5.74, 6) is 0. The Labute approximate surface area is 136 Å². The summed E-state index contributed by atoms with van der Waals surface area (Å²) >= 11 is 0. The molecule has 0 aromatic heterocycles. The van der Waals surface area contributed by atoms with E-state index < -0.39 is 10.1 Å². The van der Waals surface area contributed by atoms with Gasteiger partial charge in [-0.1, -0.05) is 30.3 Å². The average molecular weight is 318 g/mol. The molecule has 1 N–H and O–H groups in total. The third-order valence-electron chi connectivity index (χ3n) is 1.23. The van der Waals surface area contributed by atoms with Crippen molar-refractivity contribution in [3.8, 4) is 0 Å². The third kappa shape index (κ3) is 6.92. The molecule has 0 saturated heterocycles. The molecule has 0 amide bonds. The molecule has 1 aromatic rings. The predicted octanol–water partition coefficient (Wildman–Crippen LogP) is 0.897. The van der Waals surface area contributed by atoms with E-state index in [4.69, 9.17) is 4.55 Å². The zero-order chi connectivity index (χ0) is 9.03. The van der Waals surface area contributed by atoms with Gasteiger partial charge in [0.25, 0.3) is 10.1 Å². The number of rotatable bonds is 2. The number of benzene rings is 1. The fourth-order valence-corrected chi connectivity index (χ4v) is 1.06. The molecule has 1 aromatic carbocycles. The van der Waals surface area contributed by atoms with Crippen LogP contribution in [0.2, 0.25) is 0 Å². The molecule has 0 aliphatic heterocycles. The molecule has 0 spiro atoms. The maximum absolute atomic E-state index is 10.3. The Bertz CT molecular complexity index is 370. The van der Waals surface area contributed by atoms with Crippen LogP contribution in [0.5, 0.6) is 0 Å². The van der Waals surface area contributed by atoms with Crippen LogP contribution in [0.3, 0.4) is 0 Å². The van der Waals surface area contributed by atoms with Crippen LogP contribution in [-0.4, -0.2) is 81.9 Å². The molecular formula is C8H9CsO3S. The van der Waals surface area contributed by atoms with E-state index >= 15 is 0 Å². The SMILES string of the molecule is O=S(=O)(O)C=Cc1ccccc1.[CsH]. The van der Waals surface area contributed by atoms with Crippen LogP contribution in [0.15, 0.2) is 35.7 Å². The van der Waals surface area contributed by atoms with Gasteiger partial charge in [-0.25, -0.2) is 0 Å². The fourth-order valence-electron chi connectivity index (χ4n) is 0.729. The van der Waals surface area contributed by atoms with E-state index in [0.29, 0.717) is 0 Å². The molecule has 0 heterocycles. The second-order valence-electron chi connectivity index (χ2n) is 2.23. The minimum absolute atomic E-state index is 0. The number of hydrogen-bond acceptors (Lipinski definition) is 2. The zero-order valence-electron chi connectivity index (χ0n) is 6.21. The van der Waals surface area contributed by atoms with Gasteiger partial charge in [-0.2, -0.15) is 8.42 Å². The summed E-state index contributed by atoms with van der Waals surface area (Å²) in [6.07, 6.45) is 1.33. The summed E-state index contributed by atoms with van der Waals surface area (Å²) < 4.78 is 28.9. The monoisotopic (exact) mass is 318 g/mol. The van der Waals surface area contributed by atoms with Crippen molar-refractivity contribution in [3.63, 3.8) is 0 Å². The molecule has 1 rings (SSSR count). The van der Waals surface area contributed by atoms with E-state index in [0.717, 1.165) is 11.0 Å². The van der Waals surface area contributed by atoms with Crippen LogP contribution in [0.4, 0.5) is 0 Å². The quantitative estimate of drug-likeness (QED) is 0.824. The van der Waals surface area contributed by atoms with Gasteiger partial charge >= 0.3 is 68.9 Å². The Morgan fingerprint density at radius 2 is 1.69 bits per heavy atom. The molecule has 0 aliphatic rings. The van der Waals surface area contributed by atoms with Gasteiger partial charge in [0.15, 0.2) is 0 Å². The van der Waals surface area contributed by atoms with Crippen molar-refractivity contribution in [2.45, 2.75) is 0 Å². The Balaban J connectivity index is 0.00000144. The van der Waals surface area contributed by atoms with E-state index in [2.05, 4.69) is 0 Å². The van der Waals surface area contributed by atoms with Crippen LogP contribution in [0, 0.1) is 0 Å². The summed E-state index contributed by atoms with van der Waals surface area (Å²) in [7, 11) is -4.00. The van der Waals surface area contributed by atoms with Crippen LogP contribution >= 0.6 is 0 Å². The molecular weight excluding hydrogens is 309 g/mol. The molecule has 0 atom stereocenters. The fraction of sp³-hybridized carbons (Fsp3) is 0. The Morgan fingerprint density at radius 1 is 1.15 bits per heavy atom. The Kier molecular flexibility index (Phi) is 6.87. The molecule has 13 heavy (non-hydrogen) atoms. The third-order valence-corrected chi connectivity index (χ3v) is 1.71. The van der Waals surface area contributed by atoms with E-state index in [1.54, 1.807) is 24.3 Å². The van der Waals surface area contributed by atoms with E-state index in [1.165, 1.54) is 6.08 Å². The van der Waals surface area contributed by atoms with Crippen molar-refractivity contribution < 1.29 is 13.0 Å². The van der Waals surface area contributed by atoms with Crippen molar-refractivity contribution in [2.24, 2.45) is 0 Å². The Morgan fingerprint density at radius 3 is 2.15 bits per heavy atom. The van der Waals surface area contributed by atoms with Gasteiger partial charge in [0, 0.05) is 0 Å². The van der Waals surface area contributed by atoms with Gasteiger partial charge in [-0.3, -0.25) is 4.55 Å². The first-order valence-electron chi connectivity index (χ1n) is 3.28. The van der Waals surface area contributed by atoms with Crippen LogP contribution in [0.1, 0.15) is 5.56 Å². The van der Waals surface area contributed by atoms with Gasteiger partial charge in [-0.05, 0) is 11.6 Å². The van der Waals surface area contributed by atoms with Crippen molar-refractivity contribution in [2.75, 3.05) is 0 Å². The van der Waals surface area contributed by atoms with Crippen LogP contribution in [0.25, 0.3) is 6.08 Å². The minimum atomic E-state index is -4.00. The average Bonchev–Trinajstić information content (AvgIpc) is 2.02. The summed E-state index contributed by atoms with van der Waals surface area (Å²) in [5.41, 5.74) is 0.732. The zero-order valence-corrected chi connectivity index (χ0v) is 7.03. The molecule has 5 heteroatoms. The molecule has 0 unspecified atom stereocenters. The molecule has 3 nitrogen and oxygen atoms in total. The van der Waals surface area contributed by atoms with Gasteiger partial charge in [0.05, 0.1) is 5.41 Å². The molecule has 66 valence electrons. The molecule has 0 fully saturated rings. The van der Waals surface area contributed by atoms with Gasteiger partial charge in [0.1, 0.15) is 0 Å². The van der Waals surface area contributed by atoms with Gasteiger partial charge in [-0.15, -0.1) is 0 Å². The summed E-state index contributed by atoms with van der Waals surface area (Å²) in [5, 5.41) is 0.752. The van der Waals surface area contributed by atoms with E-state index in [-0.39, 0.29) is 68.9 Å². The first-order chi connectivity index (χ1) is 5.58. The number of hydrogen-bond donors (Lipinski definition) is 1. The van der Waals surface area contributed by atoms with Crippen molar-refractivity contribution in [3.05, 3.63) is 41.3 Å². The Hall–Kier alpha value is 0.922. The molecule has 0 bridgehead atoms. The first-order valence-corrected chi connectivity index (χ1v) is 4.79. The second kappa shape index (κ2) is 6.41. The van der Waals surface area contributed by atoms with Crippen molar-refractivity contribution >= 4 is 85.1 Å². The van der Waals surface area contributed by atoms with Gasteiger partial charge < -0.3 is 0 Å². The predicted molar refractivity (Wildman–Crippen MR) is 54.2 cm³/mol.